The van der Waals surface area contributed by atoms with Gasteiger partial charge in [-0.05, 0) is 30.9 Å². The predicted molar refractivity (Wildman–Crippen MR) is 90.8 cm³/mol. The Labute approximate surface area is 139 Å². The van der Waals surface area contributed by atoms with Gasteiger partial charge in [-0.1, -0.05) is 48.6 Å². The van der Waals surface area contributed by atoms with Crippen molar-refractivity contribution in [2.75, 3.05) is 13.1 Å². The van der Waals surface area contributed by atoms with Gasteiger partial charge in [0.1, 0.15) is 6.33 Å². The van der Waals surface area contributed by atoms with Crippen molar-refractivity contribution in [3.8, 4) is 5.88 Å². The van der Waals surface area contributed by atoms with Gasteiger partial charge in [0.2, 0.25) is 10.8 Å². The van der Waals surface area contributed by atoms with E-state index in [1.807, 2.05) is 6.07 Å². The Bertz CT molecular complexity index is 797. The van der Waals surface area contributed by atoms with Crippen LogP contribution < -0.4 is 0 Å². The van der Waals surface area contributed by atoms with Crippen LogP contribution in [0.2, 0.25) is 0 Å². The van der Waals surface area contributed by atoms with Gasteiger partial charge in [0.25, 0.3) is 0 Å². The second-order valence-corrected chi connectivity index (χ2v) is 7.31. The van der Waals surface area contributed by atoms with E-state index in [0.717, 1.165) is 22.9 Å². The van der Waals surface area contributed by atoms with Crippen LogP contribution in [0.25, 0.3) is 4.96 Å². The third-order valence-corrected chi connectivity index (χ3v) is 5.64. The maximum absolute atomic E-state index is 10.7. The molecule has 6 heteroatoms. The molecule has 1 saturated heterocycles. The van der Waals surface area contributed by atoms with E-state index in [1.54, 1.807) is 0 Å². The van der Waals surface area contributed by atoms with Crippen molar-refractivity contribution in [2.45, 2.75) is 25.8 Å². The van der Waals surface area contributed by atoms with Gasteiger partial charge in [-0.25, -0.2) is 4.98 Å². The topological polar surface area (TPSA) is 53.7 Å². The molecule has 2 atom stereocenters. The molecule has 3 aromatic rings. The standard InChI is InChI=1S/C17H20N4OS/c1-12-6-5-9-20(10-12)14(13-7-3-2-4-8-13)15-16(22)21-17(23-15)18-11-19-21/h2-4,7-8,11-12,14,22H,5-6,9-10H2,1H3/t12-,14+/m0/s1. The first kappa shape index (κ1) is 14.7. The smallest absolute Gasteiger partial charge is 0.230 e. The van der Waals surface area contributed by atoms with Crippen molar-refractivity contribution in [2.24, 2.45) is 5.92 Å². The molecule has 1 N–H and O–H groups in total. The Morgan fingerprint density at radius 1 is 1.30 bits per heavy atom. The van der Waals surface area contributed by atoms with E-state index < -0.39 is 0 Å². The molecule has 0 bridgehead atoms. The number of rotatable bonds is 3. The first-order chi connectivity index (χ1) is 11.2. The first-order valence-electron chi connectivity index (χ1n) is 8.04. The van der Waals surface area contributed by atoms with Crippen LogP contribution in [-0.4, -0.2) is 37.7 Å². The van der Waals surface area contributed by atoms with E-state index in [-0.39, 0.29) is 11.9 Å². The lowest BCUT2D eigenvalue weighted by molar-refractivity contribution is 0.149. The van der Waals surface area contributed by atoms with Crippen LogP contribution in [0, 0.1) is 5.92 Å². The molecular formula is C17H20N4OS. The van der Waals surface area contributed by atoms with Gasteiger partial charge in [-0.3, -0.25) is 4.90 Å². The van der Waals surface area contributed by atoms with Gasteiger partial charge in [0, 0.05) is 6.54 Å². The highest BCUT2D eigenvalue weighted by Gasteiger charge is 2.31. The van der Waals surface area contributed by atoms with Crippen molar-refractivity contribution < 1.29 is 5.11 Å². The van der Waals surface area contributed by atoms with Crippen LogP contribution in [-0.2, 0) is 0 Å². The van der Waals surface area contributed by atoms with Crippen molar-refractivity contribution in [1.82, 2.24) is 19.5 Å². The van der Waals surface area contributed by atoms with Crippen LogP contribution >= 0.6 is 11.3 Å². The fourth-order valence-electron chi connectivity index (χ4n) is 3.50. The summed E-state index contributed by atoms with van der Waals surface area (Å²) in [6, 6.07) is 10.5. The number of aromatic nitrogens is 3. The highest BCUT2D eigenvalue weighted by molar-refractivity contribution is 7.17. The van der Waals surface area contributed by atoms with E-state index in [4.69, 9.17) is 0 Å². The highest BCUT2D eigenvalue weighted by atomic mass is 32.1. The molecule has 1 aliphatic heterocycles. The summed E-state index contributed by atoms with van der Waals surface area (Å²) in [6.45, 7) is 4.40. The molecule has 0 unspecified atom stereocenters. The van der Waals surface area contributed by atoms with Gasteiger partial charge < -0.3 is 5.11 Å². The van der Waals surface area contributed by atoms with E-state index in [1.165, 1.54) is 40.6 Å². The molecule has 1 aliphatic rings. The average Bonchev–Trinajstić information content (AvgIpc) is 3.13. The zero-order chi connectivity index (χ0) is 15.8. The van der Waals surface area contributed by atoms with Crippen molar-refractivity contribution in [3.63, 3.8) is 0 Å². The van der Waals surface area contributed by atoms with E-state index in [9.17, 15) is 5.11 Å². The maximum atomic E-state index is 10.7. The number of likely N-dealkylation sites (tertiary alicyclic amines) is 1. The lowest BCUT2D eigenvalue weighted by Gasteiger charge is -2.37. The van der Waals surface area contributed by atoms with E-state index >= 15 is 0 Å². The lowest BCUT2D eigenvalue weighted by atomic mass is 9.95. The quantitative estimate of drug-likeness (QED) is 0.801. The molecule has 1 aromatic carbocycles. The minimum atomic E-state index is 0.0625. The van der Waals surface area contributed by atoms with Gasteiger partial charge in [0.15, 0.2) is 0 Å². The van der Waals surface area contributed by atoms with E-state index in [2.05, 4.69) is 46.2 Å². The lowest BCUT2D eigenvalue weighted by Crippen LogP contribution is -2.37. The summed E-state index contributed by atoms with van der Waals surface area (Å²) in [5, 5.41) is 14.8. The number of thiazole rings is 1. The molecule has 0 amide bonds. The van der Waals surface area contributed by atoms with Crippen molar-refractivity contribution in [3.05, 3.63) is 47.1 Å². The largest absolute Gasteiger partial charge is 0.492 e. The molecule has 0 spiro atoms. The van der Waals surface area contributed by atoms with Crippen molar-refractivity contribution >= 4 is 16.3 Å². The van der Waals surface area contributed by atoms with Gasteiger partial charge >= 0.3 is 0 Å². The monoisotopic (exact) mass is 328 g/mol. The number of aromatic hydroxyl groups is 1. The summed E-state index contributed by atoms with van der Waals surface area (Å²) in [6.07, 6.45) is 3.96. The Morgan fingerprint density at radius 2 is 2.13 bits per heavy atom. The summed E-state index contributed by atoms with van der Waals surface area (Å²) in [5.41, 5.74) is 1.21. The SMILES string of the molecule is C[C@H]1CCCN([C@H](c2ccccc2)c2sc3ncnn3c2O)C1. The molecule has 23 heavy (non-hydrogen) atoms. The van der Waals surface area contributed by atoms with Crippen LogP contribution in [0.3, 0.4) is 0 Å². The normalized spacial score (nSPS) is 20.8. The second-order valence-electron chi connectivity index (χ2n) is 6.30. The third kappa shape index (κ3) is 2.62. The predicted octanol–water partition coefficient (Wildman–Crippen LogP) is 3.32. The Morgan fingerprint density at radius 3 is 2.87 bits per heavy atom. The molecule has 3 heterocycles. The summed E-state index contributed by atoms with van der Waals surface area (Å²) >= 11 is 1.53. The zero-order valence-corrected chi connectivity index (χ0v) is 13.9. The number of benzene rings is 1. The molecule has 0 radical (unpaired) electrons. The Hall–Kier alpha value is -1.92. The molecule has 4 rings (SSSR count). The van der Waals surface area contributed by atoms with Gasteiger partial charge in [0.05, 0.1) is 10.9 Å². The summed E-state index contributed by atoms with van der Waals surface area (Å²) in [5.74, 6) is 0.897. The number of fused-ring (bicyclic) bond motifs is 1. The molecule has 2 aromatic heterocycles. The zero-order valence-electron chi connectivity index (χ0n) is 13.1. The highest BCUT2D eigenvalue weighted by Crippen LogP contribution is 2.40. The minimum Gasteiger partial charge on any atom is -0.492 e. The van der Waals surface area contributed by atoms with Crippen LogP contribution in [0.5, 0.6) is 5.88 Å². The van der Waals surface area contributed by atoms with Crippen LogP contribution in [0.15, 0.2) is 36.7 Å². The number of nitrogens with zero attached hydrogens (tertiary/aromatic N) is 4. The minimum absolute atomic E-state index is 0.0625. The van der Waals surface area contributed by atoms with Crippen LogP contribution in [0.4, 0.5) is 0 Å². The molecule has 0 aliphatic carbocycles. The van der Waals surface area contributed by atoms with E-state index in [0.29, 0.717) is 5.92 Å². The fourth-order valence-corrected chi connectivity index (χ4v) is 4.59. The molecule has 120 valence electrons. The molecular weight excluding hydrogens is 308 g/mol. The van der Waals surface area contributed by atoms with Crippen molar-refractivity contribution in [1.29, 1.82) is 0 Å². The molecule has 5 nitrogen and oxygen atoms in total. The van der Waals surface area contributed by atoms with Crippen LogP contribution in [0.1, 0.15) is 36.2 Å². The Balaban J connectivity index is 1.81. The second kappa shape index (κ2) is 5.94. The molecule has 1 fully saturated rings. The number of piperidine rings is 1. The van der Waals surface area contributed by atoms with Gasteiger partial charge in [-0.15, -0.1) is 0 Å². The summed E-state index contributed by atoms with van der Waals surface area (Å²) in [7, 11) is 0. The van der Waals surface area contributed by atoms with Gasteiger partial charge in [-0.2, -0.15) is 9.61 Å². The summed E-state index contributed by atoms with van der Waals surface area (Å²) in [4.78, 5) is 8.38. The third-order valence-electron chi connectivity index (χ3n) is 4.56. The Kier molecular flexibility index (Phi) is 3.79. The first-order valence-corrected chi connectivity index (χ1v) is 8.86. The fraction of sp³-hybridized carbons (Fsp3) is 0.412. The maximum Gasteiger partial charge on any atom is 0.230 e. The summed E-state index contributed by atoms with van der Waals surface area (Å²) < 4.78 is 1.53. The molecule has 0 saturated carbocycles. The number of hydrogen-bond acceptors (Lipinski definition) is 5. The number of hydrogen-bond donors (Lipinski definition) is 1. The average molecular weight is 328 g/mol.